The predicted octanol–water partition coefficient (Wildman–Crippen LogP) is 5.71. The number of aromatic hydroxyl groups is 1. The fourth-order valence-corrected chi connectivity index (χ4v) is 3.29. The van der Waals surface area contributed by atoms with Gasteiger partial charge in [0.1, 0.15) is 18.1 Å². The van der Waals surface area contributed by atoms with E-state index in [4.69, 9.17) is 4.74 Å². The van der Waals surface area contributed by atoms with Gasteiger partial charge in [-0.25, -0.2) is 0 Å². The molecule has 1 aromatic carbocycles. The van der Waals surface area contributed by atoms with Crippen LogP contribution in [0.1, 0.15) is 58.3 Å². The van der Waals surface area contributed by atoms with Crippen molar-refractivity contribution in [2.24, 2.45) is 11.8 Å². The number of ether oxygens (including phenoxy) is 1. The Labute approximate surface area is 135 Å². The molecule has 1 aliphatic carbocycles. The SMILES string of the molecule is CCCCCC1CCC(/C=C/COc2ccc(O)cc2)CC1. The van der Waals surface area contributed by atoms with Gasteiger partial charge in [-0.3, -0.25) is 0 Å². The second-order valence-corrected chi connectivity index (χ2v) is 6.51. The topological polar surface area (TPSA) is 29.5 Å². The Morgan fingerprint density at radius 3 is 2.50 bits per heavy atom. The van der Waals surface area contributed by atoms with Crippen molar-refractivity contribution in [2.45, 2.75) is 58.3 Å². The van der Waals surface area contributed by atoms with E-state index in [1.54, 1.807) is 24.3 Å². The summed E-state index contributed by atoms with van der Waals surface area (Å²) in [5.74, 6) is 2.80. The van der Waals surface area contributed by atoms with E-state index < -0.39 is 0 Å². The Balaban J connectivity index is 1.60. The van der Waals surface area contributed by atoms with E-state index in [0.29, 0.717) is 6.61 Å². The van der Waals surface area contributed by atoms with Crippen LogP contribution in [0.5, 0.6) is 11.5 Å². The highest BCUT2D eigenvalue weighted by molar-refractivity contribution is 5.30. The molecule has 0 spiro atoms. The van der Waals surface area contributed by atoms with Gasteiger partial charge in [0.15, 0.2) is 0 Å². The van der Waals surface area contributed by atoms with Crippen LogP contribution >= 0.6 is 0 Å². The number of unbranched alkanes of at least 4 members (excludes halogenated alkanes) is 2. The molecule has 1 saturated carbocycles. The number of phenols is 1. The largest absolute Gasteiger partial charge is 0.508 e. The molecular weight excluding hydrogens is 272 g/mol. The molecule has 1 fully saturated rings. The van der Waals surface area contributed by atoms with Crippen molar-refractivity contribution in [3.63, 3.8) is 0 Å². The number of rotatable bonds is 8. The van der Waals surface area contributed by atoms with E-state index in [0.717, 1.165) is 17.6 Å². The van der Waals surface area contributed by atoms with Gasteiger partial charge in [0, 0.05) is 0 Å². The van der Waals surface area contributed by atoms with E-state index in [9.17, 15) is 5.11 Å². The predicted molar refractivity (Wildman–Crippen MR) is 92.3 cm³/mol. The Hall–Kier alpha value is -1.44. The molecule has 2 nitrogen and oxygen atoms in total. The lowest BCUT2D eigenvalue weighted by Crippen LogP contribution is -2.13. The van der Waals surface area contributed by atoms with E-state index in [-0.39, 0.29) is 5.75 Å². The van der Waals surface area contributed by atoms with Crippen molar-refractivity contribution in [1.82, 2.24) is 0 Å². The zero-order chi connectivity index (χ0) is 15.6. The lowest BCUT2D eigenvalue weighted by Gasteiger charge is -2.26. The van der Waals surface area contributed by atoms with Gasteiger partial charge in [0.25, 0.3) is 0 Å². The molecule has 0 unspecified atom stereocenters. The van der Waals surface area contributed by atoms with Crippen LogP contribution in [0.15, 0.2) is 36.4 Å². The van der Waals surface area contributed by atoms with Crippen molar-refractivity contribution in [1.29, 1.82) is 0 Å². The first-order chi connectivity index (χ1) is 10.8. The first kappa shape index (κ1) is 16.9. The molecule has 2 rings (SSSR count). The minimum Gasteiger partial charge on any atom is -0.508 e. The van der Waals surface area contributed by atoms with E-state index in [2.05, 4.69) is 19.1 Å². The highest BCUT2D eigenvalue weighted by Gasteiger charge is 2.18. The van der Waals surface area contributed by atoms with Crippen molar-refractivity contribution in [3.8, 4) is 11.5 Å². The molecule has 1 aliphatic rings. The molecule has 0 amide bonds. The van der Waals surface area contributed by atoms with Gasteiger partial charge < -0.3 is 9.84 Å². The highest BCUT2D eigenvalue weighted by atomic mass is 16.5. The smallest absolute Gasteiger partial charge is 0.120 e. The Bertz CT molecular complexity index is 428. The molecule has 0 radical (unpaired) electrons. The average Bonchev–Trinajstić information content (AvgIpc) is 2.55. The summed E-state index contributed by atoms with van der Waals surface area (Å²) in [6.45, 7) is 2.89. The molecule has 0 atom stereocenters. The van der Waals surface area contributed by atoms with Crippen LogP contribution in [-0.2, 0) is 0 Å². The van der Waals surface area contributed by atoms with E-state index >= 15 is 0 Å². The number of hydrogen-bond donors (Lipinski definition) is 1. The van der Waals surface area contributed by atoms with Crippen LogP contribution in [0.25, 0.3) is 0 Å². The van der Waals surface area contributed by atoms with Crippen molar-refractivity contribution in [3.05, 3.63) is 36.4 Å². The maximum atomic E-state index is 9.22. The van der Waals surface area contributed by atoms with Crippen molar-refractivity contribution in [2.75, 3.05) is 6.61 Å². The van der Waals surface area contributed by atoms with Crippen molar-refractivity contribution < 1.29 is 9.84 Å². The van der Waals surface area contributed by atoms with Gasteiger partial charge in [-0.2, -0.15) is 0 Å². The summed E-state index contributed by atoms with van der Waals surface area (Å²) >= 11 is 0. The molecule has 0 bridgehead atoms. The van der Waals surface area contributed by atoms with Crippen LogP contribution in [0, 0.1) is 11.8 Å². The number of phenolic OH excluding ortho intramolecular Hbond substituents is 1. The van der Waals surface area contributed by atoms with Gasteiger partial charge in [-0.1, -0.05) is 44.8 Å². The van der Waals surface area contributed by atoms with E-state index in [1.165, 1.54) is 51.4 Å². The lowest BCUT2D eigenvalue weighted by atomic mass is 9.79. The average molecular weight is 302 g/mol. The molecule has 2 heteroatoms. The molecule has 22 heavy (non-hydrogen) atoms. The van der Waals surface area contributed by atoms with Gasteiger partial charge >= 0.3 is 0 Å². The summed E-state index contributed by atoms with van der Waals surface area (Å²) in [5, 5.41) is 9.22. The zero-order valence-corrected chi connectivity index (χ0v) is 13.8. The summed E-state index contributed by atoms with van der Waals surface area (Å²) in [7, 11) is 0. The van der Waals surface area contributed by atoms with E-state index in [1.807, 2.05) is 0 Å². The normalized spacial score (nSPS) is 22.0. The minimum absolute atomic E-state index is 0.276. The van der Waals surface area contributed by atoms with Gasteiger partial charge in [-0.15, -0.1) is 0 Å². The monoisotopic (exact) mass is 302 g/mol. The van der Waals surface area contributed by atoms with Crippen LogP contribution in [-0.4, -0.2) is 11.7 Å². The number of benzene rings is 1. The summed E-state index contributed by atoms with van der Waals surface area (Å²) in [6, 6.07) is 6.90. The zero-order valence-electron chi connectivity index (χ0n) is 13.8. The number of hydrogen-bond acceptors (Lipinski definition) is 2. The fraction of sp³-hybridized carbons (Fsp3) is 0.600. The van der Waals surface area contributed by atoms with Gasteiger partial charge in [0.05, 0.1) is 0 Å². The quantitative estimate of drug-likeness (QED) is 0.492. The molecule has 0 heterocycles. The maximum absolute atomic E-state index is 9.22. The van der Waals surface area contributed by atoms with Crippen molar-refractivity contribution >= 4 is 0 Å². The third-order valence-electron chi connectivity index (χ3n) is 4.70. The summed E-state index contributed by atoms with van der Waals surface area (Å²) in [4.78, 5) is 0. The third-order valence-corrected chi connectivity index (χ3v) is 4.70. The molecular formula is C20H30O2. The summed E-state index contributed by atoms with van der Waals surface area (Å²) in [6.07, 6.45) is 15.6. The first-order valence-electron chi connectivity index (χ1n) is 8.86. The first-order valence-corrected chi connectivity index (χ1v) is 8.86. The molecule has 1 aromatic rings. The van der Waals surface area contributed by atoms with Crippen LogP contribution in [0.3, 0.4) is 0 Å². The minimum atomic E-state index is 0.276. The molecule has 0 aliphatic heterocycles. The molecule has 0 saturated heterocycles. The van der Waals surface area contributed by atoms with Crippen LogP contribution in [0.4, 0.5) is 0 Å². The Morgan fingerprint density at radius 2 is 1.82 bits per heavy atom. The van der Waals surface area contributed by atoms with Crippen LogP contribution < -0.4 is 4.74 Å². The summed E-state index contributed by atoms with van der Waals surface area (Å²) < 4.78 is 5.64. The standard InChI is InChI=1S/C20H30O2/c1-2-3-4-6-17-8-10-18(11-9-17)7-5-16-22-20-14-12-19(21)13-15-20/h5,7,12-15,17-18,21H,2-4,6,8-11,16H2,1H3/b7-5+. The fourth-order valence-electron chi connectivity index (χ4n) is 3.29. The Kier molecular flexibility index (Phi) is 7.35. The maximum Gasteiger partial charge on any atom is 0.120 e. The second kappa shape index (κ2) is 9.55. The third kappa shape index (κ3) is 6.13. The molecule has 1 N–H and O–H groups in total. The highest BCUT2D eigenvalue weighted by Crippen LogP contribution is 2.32. The van der Waals surface area contributed by atoms with Gasteiger partial charge in [0.2, 0.25) is 0 Å². The van der Waals surface area contributed by atoms with Crippen LogP contribution in [0.2, 0.25) is 0 Å². The van der Waals surface area contributed by atoms with Gasteiger partial charge in [-0.05, 0) is 61.8 Å². The Morgan fingerprint density at radius 1 is 1.09 bits per heavy atom. The molecule has 0 aromatic heterocycles. The number of allylic oxidation sites excluding steroid dienone is 1. The second-order valence-electron chi connectivity index (χ2n) is 6.51. The molecule has 122 valence electrons. The summed E-state index contributed by atoms with van der Waals surface area (Å²) in [5.41, 5.74) is 0. The lowest BCUT2D eigenvalue weighted by molar-refractivity contribution is 0.288.